The lowest BCUT2D eigenvalue weighted by Crippen LogP contribution is -2.24. The number of allylic oxidation sites excluding steroid dienone is 1. The van der Waals surface area contributed by atoms with E-state index in [2.05, 4.69) is 55.1 Å². The van der Waals surface area contributed by atoms with Crippen LogP contribution >= 0.6 is 23.1 Å². The summed E-state index contributed by atoms with van der Waals surface area (Å²) in [5, 5.41) is 1.60. The van der Waals surface area contributed by atoms with Crippen molar-refractivity contribution in [2.24, 2.45) is 0 Å². The van der Waals surface area contributed by atoms with E-state index in [-0.39, 0.29) is 5.56 Å². The van der Waals surface area contributed by atoms with Crippen molar-refractivity contribution >= 4 is 33.3 Å². The molecule has 0 fully saturated rings. The Kier molecular flexibility index (Phi) is 5.55. The van der Waals surface area contributed by atoms with Gasteiger partial charge in [-0.2, -0.15) is 0 Å². The number of nitrogens with zero attached hydrogens (tertiary/aromatic N) is 2. The minimum absolute atomic E-state index is 0.0760. The minimum atomic E-state index is 0.0760. The van der Waals surface area contributed by atoms with Crippen LogP contribution in [0.3, 0.4) is 0 Å². The zero-order valence-corrected chi connectivity index (χ0v) is 19.2. The molecule has 5 rings (SSSR count). The average Bonchev–Trinajstić information content (AvgIpc) is 3.16. The highest BCUT2D eigenvalue weighted by molar-refractivity contribution is 7.99. The van der Waals surface area contributed by atoms with Crippen LogP contribution in [0.2, 0.25) is 0 Å². The number of rotatable bonds is 6. The molecule has 0 atom stereocenters. The van der Waals surface area contributed by atoms with Crippen LogP contribution in [0.15, 0.2) is 76.7 Å². The number of thiophene rings is 1. The summed E-state index contributed by atoms with van der Waals surface area (Å²) in [5.74, 6) is 0.881. The van der Waals surface area contributed by atoms with E-state index in [1.54, 1.807) is 23.1 Å². The van der Waals surface area contributed by atoms with Gasteiger partial charge < -0.3 is 0 Å². The average molecular weight is 445 g/mol. The summed E-state index contributed by atoms with van der Waals surface area (Å²) in [6, 6.07) is 19.0. The van der Waals surface area contributed by atoms with Crippen molar-refractivity contribution in [1.29, 1.82) is 0 Å². The first-order valence-electron chi connectivity index (χ1n) is 10.6. The molecule has 4 aromatic rings. The minimum Gasteiger partial charge on any atom is -0.283 e. The molecule has 0 radical (unpaired) electrons. The summed E-state index contributed by atoms with van der Waals surface area (Å²) < 4.78 is 1.83. The Morgan fingerprint density at radius 1 is 1.13 bits per heavy atom. The molecule has 2 aromatic heterocycles. The number of thioether (sulfide) groups is 1. The highest BCUT2D eigenvalue weighted by Gasteiger charge is 2.25. The lowest BCUT2D eigenvalue weighted by Gasteiger charge is -2.16. The summed E-state index contributed by atoms with van der Waals surface area (Å²) >= 11 is 3.33. The van der Waals surface area contributed by atoms with Gasteiger partial charge in [0.05, 0.1) is 5.39 Å². The highest BCUT2D eigenvalue weighted by Crippen LogP contribution is 2.42. The van der Waals surface area contributed by atoms with Gasteiger partial charge in [0.25, 0.3) is 5.56 Å². The molecule has 0 aliphatic heterocycles. The largest absolute Gasteiger partial charge is 0.283 e. The fourth-order valence-corrected chi connectivity index (χ4v) is 6.53. The number of hydrogen-bond acceptors (Lipinski definition) is 4. The van der Waals surface area contributed by atoms with Gasteiger partial charge in [0.2, 0.25) is 0 Å². The van der Waals surface area contributed by atoms with Crippen LogP contribution in [0.4, 0.5) is 0 Å². The van der Waals surface area contributed by atoms with E-state index >= 15 is 0 Å². The van der Waals surface area contributed by atoms with Crippen LogP contribution in [-0.4, -0.2) is 15.3 Å². The summed E-state index contributed by atoms with van der Waals surface area (Å²) in [5.41, 5.74) is 6.13. The molecule has 0 saturated carbocycles. The summed E-state index contributed by atoms with van der Waals surface area (Å²) in [6.45, 7) is 6.53. The van der Waals surface area contributed by atoms with Crippen LogP contribution in [0.25, 0.3) is 20.7 Å². The maximum absolute atomic E-state index is 13.6. The lowest BCUT2D eigenvalue weighted by atomic mass is 9.90. The fraction of sp³-hybridized carbons (Fsp3) is 0.231. The zero-order chi connectivity index (χ0) is 21.4. The maximum atomic E-state index is 13.6. The number of aromatic nitrogens is 2. The van der Waals surface area contributed by atoms with E-state index in [4.69, 9.17) is 4.98 Å². The Morgan fingerprint density at radius 2 is 1.90 bits per heavy atom. The molecule has 2 heterocycles. The molecule has 3 nitrogen and oxygen atoms in total. The number of aryl methyl sites for hydroxylation is 3. The normalized spacial score (nSPS) is 12.5. The number of hydrogen-bond donors (Lipinski definition) is 0. The molecule has 0 spiro atoms. The second-order valence-corrected chi connectivity index (χ2v) is 10.1. The van der Waals surface area contributed by atoms with Crippen molar-refractivity contribution in [2.75, 3.05) is 5.75 Å². The van der Waals surface area contributed by atoms with Crippen molar-refractivity contribution in [2.45, 2.75) is 37.9 Å². The maximum Gasteiger partial charge on any atom is 0.263 e. The Bertz CT molecular complexity index is 1340. The molecule has 31 heavy (non-hydrogen) atoms. The van der Waals surface area contributed by atoms with E-state index in [0.717, 1.165) is 46.0 Å². The Balaban J connectivity index is 1.57. The Hall–Kier alpha value is -2.63. The van der Waals surface area contributed by atoms with Crippen LogP contribution < -0.4 is 5.56 Å². The predicted molar refractivity (Wildman–Crippen MR) is 132 cm³/mol. The van der Waals surface area contributed by atoms with Gasteiger partial charge in [-0.3, -0.25) is 9.36 Å². The third-order valence-electron chi connectivity index (χ3n) is 5.67. The molecule has 0 N–H and O–H groups in total. The molecule has 0 bridgehead atoms. The molecule has 1 aliphatic carbocycles. The van der Waals surface area contributed by atoms with Crippen molar-refractivity contribution in [3.8, 4) is 10.4 Å². The third kappa shape index (κ3) is 3.88. The molecule has 156 valence electrons. The highest BCUT2D eigenvalue weighted by atomic mass is 32.2. The van der Waals surface area contributed by atoms with Crippen LogP contribution in [-0.2, 0) is 25.8 Å². The predicted octanol–water partition coefficient (Wildman–Crippen LogP) is 6.13. The van der Waals surface area contributed by atoms with E-state index in [1.165, 1.54) is 27.1 Å². The van der Waals surface area contributed by atoms with Crippen molar-refractivity contribution in [1.82, 2.24) is 9.55 Å². The fourth-order valence-electron chi connectivity index (χ4n) is 4.22. The van der Waals surface area contributed by atoms with Crippen LogP contribution in [0, 0.1) is 0 Å². The van der Waals surface area contributed by atoms with Gasteiger partial charge in [0, 0.05) is 17.2 Å². The Morgan fingerprint density at radius 3 is 2.71 bits per heavy atom. The first-order chi connectivity index (χ1) is 15.1. The molecule has 0 saturated heterocycles. The van der Waals surface area contributed by atoms with E-state index in [0.29, 0.717) is 6.54 Å². The van der Waals surface area contributed by atoms with E-state index in [9.17, 15) is 4.79 Å². The zero-order valence-electron chi connectivity index (χ0n) is 17.6. The molecular formula is C26H24N2OS2. The standard InChI is InChI=1S/C26H24N2OS2/c1-17(2)16-28-25(29)22-21-13-12-19-10-6-7-11-20(19)23(21)31-24(22)27-26(28)30-15-14-18-8-4-3-5-9-18/h3-11H,1,12-16H2,2H3. The van der Waals surface area contributed by atoms with Gasteiger partial charge >= 0.3 is 0 Å². The summed E-state index contributed by atoms with van der Waals surface area (Å²) in [6.07, 6.45) is 2.82. The first kappa shape index (κ1) is 20.3. The van der Waals surface area contributed by atoms with Gasteiger partial charge in [-0.1, -0.05) is 78.5 Å². The molecule has 2 aromatic carbocycles. The van der Waals surface area contributed by atoms with Crippen molar-refractivity contribution in [3.05, 3.63) is 93.8 Å². The quantitative estimate of drug-likeness (QED) is 0.204. The van der Waals surface area contributed by atoms with Gasteiger partial charge in [0.1, 0.15) is 4.83 Å². The van der Waals surface area contributed by atoms with E-state index < -0.39 is 0 Å². The van der Waals surface area contributed by atoms with Gasteiger partial charge in [-0.15, -0.1) is 11.3 Å². The summed E-state index contributed by atoms with van der Waals surface area (Å²) in [4.78, 5) is 20.7. The molecule has 5 heteroatoms. The smallest absolute Gasteiger partial charge is 0.263 e. The topological polar surface area (TPSA) is 34.9 Å². The van der Waals surface area contributed by atoms with Crippen LogP contribution in [0.5, 0.6) is 0 Å². The first-order valence-corrected chi connectivity index (χ1v) is 12.4. The molecule has 1 aliphatic rings. The van der Waals surface area contributed by atoms with Gasteiger partial charge in [-0.05, 0) is 48.4 Å². The number of fused-ring (bicyclic) bond motifs is 5. The van der Waals surface area contributed by atoms with Crippen molar-refractivity contribution < 1.29 is 0 Å². The van der Waals surface area contributed by atoms with Gasteiger partial charge in [-0.25, -0.2) is 4.98 Å². The van der Waals surface area contributed by atoms with Gasteiger partial charge in [0.15, 0.2) is 5.16 Å². The SMILES string of the molecule is C=C(C)Cn1c(SCCc2ccccc2)nc2sc3c(c2c1=O)CCc1ccccc1-3. The molecule has 0 unspecified atom stereocenters. The Labute approximate surface area is 190 Å². The monoisotopic (exact) mass is 444 g/mol. The molecule has 0 amide bonds. The second-order valence-electron chi connectivity index (χ2n) is 8.07. The van der Waals surface area contributed by atoms with E-state index in [1.807, 2.05) is 17.6 Å². The third-order valence-corrected chi connectivity index (χ3v) is 7.81. The lowest BCUT2D eigenvalue weighted by molar-refractivity contribution is 0.651. The molecular weight excluding hydrogens is 420 g/mol. The number of benzene rings is 2. The van der Waals surface area contributed by atoms with Crippen LogP contribution in [0.1, 0.15) is 23.6 Å². The second kappa shape index (κ2) is 8.48. The summed E-state index contributed by atoms with van der Waals surface area (Å²) in [7, 11) is 0. The van der Waals surface area contributed by atoms with Crippen molar-refractivity contribution in [3.63, 3.8) is 0 Å².